The van der Waals surface area contributed by atoms with E-state index < -0.39 is 0 Å². The molecule has 4 heteroatoms. The molecule has 1 aliphatic heterocycles. The van der Waals surface area contributed by atoms with Crippen LogP contribution in [0.4, 0.5) is 0 Å². The van der Waals surface area contributed by atoms with Gasteiger partial charge in [0, 0.05) is 20.3 Å². The molecule has 102 valence electrons. The zero-order chi connectivity index (χ0) is 12.3. The Balaban J connectivity index is 2.08. The van der Waals surface area contributed by atoms with Gasteiger partial charge in [-0.3, -0.25) is 0 Å². The van der Waals surface area contributed by atoms with Crippen LogP contribution in [0.5, 0.6) is 0 Å². The van der Waals surface area contributed by atoms with E-state index in [2.05, 4.69) is 4.90 Å². The van der Waals surface area contributed by atoms with Gasteiger partial charge in [-0.25, -0.2) is 0 Å². The van der Waals surface area contributed by atoms with E-state index in [0.717, 1.165) is 45.8 Å². The highest BCUT2D eigenvalue weighted by atomic mass is 16.5. The fourth-order valence-corrected chi connectivity index (χ4v) is 2.29. The van der Waals surface area contributed by atoms with Gasteiger partial charge in [0.05, 0.1) is 12.7 Å². The fraction of sp³-hybridized carbons (Fsp3) is 1.00. The summed E-state index contributed by atoms with van der Waals surface area (Å²) in [6, 6.07) is 0. The summed E-state index contributed by atoms with van der Waals surface area (Å²) in [5, 5.41) is 0. The first-order valence-corrected chi connectivity index (χ1v) is 6.89. The van der Waals surface area contributed by atoms with Gasteiger partial charge in [0.1, 0.15) is 0 Å². The highest BCUT2D eigenvalue weighted by Crippen LogP contribution is 2.16. The third kappa shape index (κ3) is 6.99. The Morgan fingerprint density at radius 2 is 2.12 bits per heavy atom. The molecule has 1 aliphatic rings. The molecule has 17 heavy (non-hydrogen) atoms. The predicted molar refractivity (Wildman–Crippen MR) is 70.2 cm³/mol. The van der Waals surface area contributed by atoms with Crippen molar-refractivity contribution in [1.82, 2.24) is 4.90 Å². The Bertz CT molecular complexity index is 165. The first-order valence-electron chi connectivity index (χ1n) is 6.89. The minimum absolute atomic E-state index is 0.522. The molecule has 1 rings (SSSR count). The molecule has 1 fully saturated rings. The summed E-state index contributed by atoms with van der Waals surface area (Å²) in [5.74, 6) is 0. The maximum absolute atomic E-state index is 5.63. The average molecular weight is 244 g/mol. The van der Waals surface area contributed by atoms with E-state index in [0.29, 0.717) is 6.10 Å². The Hall–Kier alpha value is -0.160. The van der Waals surface area contributed by atoms with E-state index in [1.54, 1.807) is 7.11 Å². The number of nitrogens with two attached hydrogens (primary N) is 1. The molecular weight excluding hydrogens is 216 g/mol. The Morgan fingerprint density at radius 1 is 1.29 bits per heavy atom. The van der Waals surface area contributed by atoms with Gasteiger partial charge in [-0.1, -0.05) is 0 Å². The van der Waals surface area contributed by atoms with E-state index in [9.17, 15) is 0 Å². The van der Waals surface area contributed by atoms with Crippen LogP contribution in [-0.2, 0) is 9.47 Å². The lowest BCUT2D eigenvalue weighted by Gasteiger charge is -2.22. The number of rotatable bonds is 10. The smallest absolute Gasteiger partial charge is 0.0589 e. The van der Waals surface area contributed by atoms with Crippen molar-refractivity contribution < 1.29 is 9.47 Å². The lowest BCUT2D eigenvalue weighted by Crippen LogP contribution is -2.31. The molecule has 0 bridgehead atoms. The van der Waals surface area contributed by atoms with Crippen molar-refractivity contribution in [3.8, 4) is 0 Å². The van der Waals surface area contributed by atoms with E-state index in [-0.39, 0.29) is 0 Å². The number of ether oxygens (including phenoxy) is 2. The molecule has 1 unspecified atom stereocenters. The first kappa shape index (κ1) is 14.9. The third-order valence-corrected chi connectivity index (χ3v) is 3.31. The van der Waals surface area contributed by atoms with Crippen LogP contribution in [0.25, 0.3) is 0 Å². The lowest BCUT2D eigenvalue weighted by atomic mass is 10.1. The number of hydrogen-bond acceptors (Lipinski definition) is 4. The molecule has 0 aliphatic carbocycles. The summed E-state index contributed by atoms with van der Waals surface area (Å²) in [7, 11) is 1.76. The molecule has 0 radical (unpaired) electrons. The van der Waals surface area contributed by atoms with Gasteiger partial charge in [-0.2, -0.15) is 0 Å². The van der Waals surface area contributed by atoms with E-state index in [1.807, 2.05) is 0 Å². The second-order valence-corrected chi connectivity index (χ2v) is 4.75. The van der Waals surface area contributed by atoms with E-state index >= 15 is 0 Å². The minimum atomic E-state index is 0.522. The standard InChI is InChI=1S/C13H28N2O2/c1-16-12-10-15(9-4-7-14)8-2-5-13-6-3-11-17-13/h13H,2-12,14H2,1H3. The van der Waals surface area contributed by atoms with Crippen molar-refractivity contribution >= 4 is 0 Å². The van der Waals surface area contributed by atoms with Gasteiger partial charge in [0.25, 0.3) is 0 Å². The molecule has 4 nitrogen and oxygen atoms in total. The van der Waals surface area contributed by atoms with Crippen molar-refractivity contribution in [3.63, 3.8) is 0 Å². The van der Waals surface area contributed by atoms with Crippen LogP contribution in [0.15, 0.2) is 0 Å². The normalized spacial score (nSPS) is 20.3. The summed E-state index contributed by atoms with van der Waals surface area (Å²) in [5.41, 5.74) is 5.56. The third-order valence-electron chi connectivity index (χ3n) is 3.31. The summed E-state index contributed by atoms with van der Waals surface area (Å²) in [6.07, 6.45) is 6.51. The summed E-state index contributed by atoms with van der Waals surface area (Å²) in [4.78, 5) is 2.45. The Kier molecular flexibility index (Phi) is 8.61. The molecule has 0 aromatic heterocycles. The van der Waals surface area contributed by atoms with E-state index in [1.165, 1.54) is 25.7 Å². The van der Waals surface area contributed by atoms with Crippen LogP contribution in [0.3, 0.4) is 0 Å². The monoisotopic (exact) mass is 244 g/mol. The van der Waals surface area contributed by atoms with E-state index in [4.69, 9.17) is 15.2 Å². The number of methoxy groups -OCH3 is 1. The molecular formula is C13H28N2O2. The van der Waals surface area contributed by atoms with Crippen LogP contribution in [0, 0.1) is 0 Å². The van der Waals surface area contributed by atoms with Crippen molar-refractivity contribution in [1.29, 1.82) is 0 Å². The van der Waals surface area contributed by atoms with Gasteiger partial charge < -0.3 is 20.1 Å². The largest absolute Gasteiger partial charge is 0.383 e. The second-order valence-electron chi connectivity index (χ2n) is 4.75. The molecule has 2 N–H and O–H groups in total. The fourth-order valence-electron chi connectivity index (χ4n) is 2.29. The summed E-state index contributed by atoms with van der Waals surface area (Å²) in [6.45, 7) is 5.79. The minimum Gasteiger partial charge on any atom is -0.383 e. The van der Waals surface area contributed by atoms with Crippen molar-refractivity contribution in [2.75, 3.05) is 46.5 Å². The van der Waals surface area contributed by atoms with Crippen LogP contribution in [-0.4, -0.2) is 57.5 Å². The molecule has 1 heterocycles. The quantitative estimate of drug-likeness (QED) is 0.628. The van der Waals surface area contributed by atoms with Gasteiger partial charge in [0.2, 0.25) is 0 Å². The summed E-state index contributed by atoms with van der Waals surface area (Å²) >= 11 is 0. The zero-order valence-corrected chi connectivity index (χ0v) is 11.2. The highest BCUT2D eigenvalue weighted by Gasteiger charge is 2.15. The van der Waals surface area contributed by atoms with Gasteiger partial charge >= 0.3 is 0 Å². The van der Waals surface area contributed by atoms with Crippen LogP contribution >= 0.6 is 0 Å². The predicted octanol–water partition coefficient (Wildman–Crippen LogP) is 1.24. The summed E-state index contributed by atoms with van der Waals surface area (Å²) < 4.78 is 10.8. The molecule has 0 amide bonds. The van der Waals surface area contributed by atoms with Crippen molar-refractivity contribution in [3.05, 3.63) is 0 Å². The average Bonchev–Trinajstić information content (AvgIpc) is 2.85. The van der Waals surface area contributed by atoms with Crippen LogP contribution < -0.4 is 5.73 Å². The zero-order valence-electron chi connectivity index (χ0n) is 11.2. The topological polar surface area (TPSA) is 47.7 Å². The van der Waals surface area contributed by atoms with Crippen molar-refractivity contribution in [2.24, 2.45) is 5.73 Å². The van der Waals surface area contributed by atoms with Crippen LogP contribution in [0.1, 0.15) is 32.1 Å². The SMILES string of the molecule is COCCN(CCCN)CCCC1CCCO1. The second kappa shape index (κ2) is 9.83. The molecule has 0 saturated carbocycles. The van der Waals surface area contributed by atoms with Crippen LogP contribution in [0.2, 0.25) is 0 Å². The van der Waals surface area contributed by atoms with Crippen molar-refractivity contribution in [2.45, 2.75) is 38.2 Å². The van der Waals surface area contributed by atoms with Gasteiger partial charge in [0.15, 0.2) is 0 Å². The molecule has 0 aromatic rings. The van der Waals surface area contributed by atoms with Gasteiger partial charge in [-0.05, 0) is 51.7 Å². The maximum atomic E-state index is 5.63. The highest BCUT2D eigenvalue weighted by molar-refractivity contribution is 4.66. The molecule has 1 saturated heterocycles. The molecule has 1 atom stereocenters. The first-order chi connectivity index (χ1) is 8.36. The lowest BCUT2D eigenvalue weighted by molar-refractivity contribution is 0.0957. The molecule has 0 aromatic carbocycles. The molecule has 0 spiro atoms. The van der Waals surface area contributed by atoms with Gasteiger partial charge in [-0.15, -0.1) is 0 Å². The number of nitrogens with zero attached hydrogens (tertiary/aromatic N) is 1. The maximum Gasteiger partial charge on any atom is 0.0589 e. The number of hydrogen-bond donors (Lipinski definition) is 1. The Morgan fingerprint density at radius 3 is 2.76 bits per heavy atom. The Labute approximate surface area is 105 Å².